The zero-order valence-corrected chi connectivity index (χ0v) is 12.1. The van der Waals surface area contributed by atoms with Crippen molar-refractivity contribution in [3.05, 3.63) is 28.2 Å². The van der Waals surface area contributed by atoms with Crippen molar-refractivity contribution in [1.29, 1.82) is 0 Å². The van der Waals surface area contributed by atoms with Gasteiger partial charge in [0.2, 0.25) is 0 Å². The fourth-order valence-electron chi connectivity index (χ4n) is 1.24. The molecule has 0 spiro atoms. The Kier molecular flexibility index (Phi) is 4.72. The Morgan fingerprint density at radius 2 is 2.17 bits per heavy atom. The molecule has 3 N–H and O–H groups in total. The maximum absolute atomic E-state index is 11.7. The molecule has 5 nitrogen and oxygen atoms in total. The molecule has 0 unspecified atom stereocenters. The molecule has 0 aromatic heterocycles. The third-order valence-corrected chi connectivity index (χ3v) is 2.36. The minimum absolute atomic E-state index is 0.521. The van der Waals surface area contributed by atoms with Crippen LogP contribution in [-0.4, -0.2) is 17.9 Å². The van der Waals surface area contributed by atoms with Crippen LogP contribution < -0.4 is 11.2 Å². The molecule has 1 amide bonds. The van der Waals surface area contributed by atoms with E-state index in [1.807, 2.05) is 6.07 Å². The van der Waals surface area contributed by atoms with E-state index in [0.717, 1.165) is 4.47 Å². The van der Waals surface area contributed by atoms with E-state index < -0.39 is 11.7 Å². The van der Waals surface area contributed by atoms with Crippen molar-refractivity contribution in [2.45, 2.75) is 26.4 Å². The Morgan fingerprint density at radius 3 is 2.72 bits per heavy atom. The number of nitrogens with two attached hydrogens (primary N) is 1. The lowest BCUT2D eigenvalue weighted by Crippen LogP contribution is -2.27. The summed E-state index contributed by atoms with van der Waals surface area (Å²) < 4.78 is 6.01. The highest BCUT2D eigenvalue weighted by Crippen LogP contribution is 2.21. The summed E-state index contributed by atoms with van der Waals surface area (Å²) in [5.74, 6) is 5.11. The number of anilines is 1. The van der Waals surface area contributed by atoms with E-state index in [1.54, 1.807) is 32.9 Å². The van der Waals surface area contributed by atoms with E-state index in [9.17, 15) is 4.79 Å². The van der Waals surface area contributed by atoms with Crippen LogP contribution >= 0.6 is 15.9 Å². The Balaban J connectivity index is 2.89. The van der Waals surface area contributed by atoms with Crippen LogP contribution in [-0.2, 0) is 4.74 Å². The molecule has 0 aliphatic heterocycles. The molecular weight excluding hydrogens is 298 g/mol. The van der Waals surface area contributed by atoms with Crippen molar-refractivity contribution >= 4 is 33.9 Å². The van der Waals surface area contributed by atoms with Gasteiger partial charge in [-0.3, -0.25) is 5.32 Å². The second kappa shape index (κ2) is 5.86. The molecule has 98 valence electrons. The summed E-state index contributed by atoms with van der Waals surface area (Å²) in [4.78, 5) is 11.7. The number of hydrogen-bond donors (Lipinski definition) is 2. The molecule has 0 saturated heterocycles. The first kappa shape index (κ1) is 14.5. The number of amides is 1. The van der Waals surface area contributed by atoms with Crippen LogP contribution in [0.4, 0.5) is 10.5 Å². The van der Waals surface area contributed by atoms with E-state index in [1.165, 1.54) is 6.21 Å². The van der Waals surface area contributed by atoms with Crippen LogP contribution in [0.2, 0.25) is 0 Å². The topological polar surface area (TPSA) is 76.7 Å². The highest BCUT2D eigenvalue weighted by Gasteiger charge is 2.17. The van der Waals surface area contributed by atoms with E-state index in [0.29, 0.717) is 11.3 Å². The predicted molar refractivity (Wildman–Crippen MR) is 75.8 cm³/mol. The zero-order chi connectivity index (χ0) is 13.8. The molecule has 0 heterocycles. The lowest BCUT2D eigenvalue weighted by Gasteiger charge is -2.20. The second-order valence-corrected chi connectivity index (χ2v) is 5.55. The molecule has 0 aliphatic rings. The van der Waals surface area contributed by atoms with Gasteiger partial charge in [0.25, 0.3) is 0 Å². The summed E-state index contributed by atoms with van der Waals surface area (Å²) in [7, 11) is 0. The molecule has 0 atom stereocenters. The molecule has 0 saturated carbocycles. The van der Waals surface area contributed by atoms with Gasteiger partial charge in [-0.15, -0.1) is 0 Å². The number of hydrogen-bond acceptors (Lipinski definition) is 4. The Bertz CT molecular complexity index is 467. The predicted octanol–water partition coefficient (Wildman–Crippen LogP) is 3.09. The summed E-state index contributed by atoms with van der Waals surface area (Å²) in [5.41, 5.74) is 0.734. The third-order valence-electron chi connectivity index (χ3n) is 1.86. The van der Waals surface area contributed by atoms with Crippen molar-refractivity contribution in [2.75, 3.05) is 5.32 Å². The third kappa shape index (κ3) is 4.75. The average molecular weight is 314 g/mol. The molecule has 0 fully saturated rings. The van der Waals surface area contributed by atoms with Gasteiger partial charge in [0, 0.05) is 10.0 Å². The normalized spacial score (nSPS) is 11.6. The van der Waals surface area contributed by atoms with Crippen molar-refractivity contribution < 1.29 is 9.53 Å². The standard InChI is InChI=1S/C12H16BrN3O2/c1-12(2,3)18-11(17)16-10-6-9(13)5-4-8(10)7-15-14/h4-7H,14H2,1-3H3,(H,16,17). The van der Waals surface area contributed by atoms with Crippen molar-refractivity contribution in [2.24, 2.45) is 10.9 Å². The van der Waals surface area contributed by atoms with Crippen molar-refractivity contribution in [1.82, 2.24) is 0 Å². The first-order valence-corrected chi connectivity index (χ1v) is 6.14. The van der Waals surface area contributed by atoms with Gasteiger partial charge in [-0.05, 0) is 32.9 Å². The van der Waals surface area contributed by atoms with Gasteiger partial charge in [-0.2, -0.15) is 5.10 Å². The van der Waals surface area contributed by atoms with Crippen LogP contribution in [0.15, 0.2) is 27.8 Å². The van der Waals surface area contributed by atoms with Crippen LogP contribution in [0.1, 0.15) is 26.3 Å². The maximum Gasteiger partial charge on any atom is 0.412 e. The summed E-state index contributed by atoms with van der Waals surface area (Å²) in [6, 6.07) is 5.37. The van der Waals surface area contributed by atoms with Gasteiger partial charge in [-0.1, -0.05) is 22.0 Å². The zero-order valence-electron chi connectivity index (χ0n) is 10.5. The van der Waals surface area contributed by atoms with E-state index in [2.05, 4.69) is 26.3 Å². The number of nitrogens with one attached hydrogen (secondary N) is 1. The monoisotopic (exact) mass is 313 g/mol. The fraction of sp³-hybridized carbons (Fsp3) is 0.333. The van der Waals surface area contributed by atoms with Crippen LogP contribution in [0, 0.1) is 0 Å². The Hall–Kier alpha value is -1.56. The smallest absolute Gasteiger partial charge is 0.412 e. The number of nitrogens with zero attached hydrogens (tertiary/aromatic N) is 1. The minimum Gasteiger partial charge on any atom is -0.444 e. The van der Waals surface area contributed by atoms with Crippen molar-refractivity contribution in [3.8, 4) is 0 Å². The number of ether oxygens (including phenoxy) is 1. The van der Waals surface area contributed by atoms with Gasteiger partial charge in [-0.25, -0.2) is 4.79 Å². The van der Waals surface area contributed by atoms with Gasteiger partial charge in [0.15, 0.2) is 0 Å². The highest BCUT2D eigenvalue weighted by atomic mass is 79.9. The van der Waals surface area contributed by atoms with Gasteiger partial charge >= 0.3 is 6.09 Å². The largest absolute Gasteiger partial charge is 0.444 e. The number of hydrazone groups is 1. The van der Waals surface area contributed by atoms with Gasteiger partial charge < -0.3 is 10.6 Å². The fourth-order valence-corrected chi connectivity index (χ4v) is 1.60. The van der Waals surface area contributed by atoms with Gasteiger partial charge in [0.1, 0.15) is 5.60 Å². The number of rotatable bonds is 2. The number of carbonyl (C=O) groups is 1. The number of halogens is 1. The van der Waals surface area contributed by atoms with Crippen LogP contribution in [0.3, 0.4) is 0 Å². The summed E-state index contributed by atoms with van der Waals surface area (Å²) >= 11 is 3.33. The number of carbonyl (C=O) groups excluding carboxylic acids is 1. The molecular formula is C12H16BrN3O2. The quantitative estimate of drug-likeness (QED) is 0.500. The lowest BCUT2D eigenvalue weighted by molar-refractivity contribution is 0.0636. The summed E-state index contributed by atoms with van der Waals surface area (Å²) in [6.45, 7) is 5.40. The molecule has 6 heteroatoms. The Labute approximate surface area is 115 Å². The molecule has 1 rings (SSSR count). The SMILES string of the molecule is CC(C)(C)OC(=O)Nc1cc(Br)ccc1C=NN. The first-order chi connectivity index (χ1) is 8.31. The molecule has 1 aromatic carbocycles. The molecule has 0 aliphatic carbocycles. The van der Waals surface area contributed by atoms with E-state index >= 15 is 0 Å². The molecule has 0 radical (unpaired) electrons. The second-order valence-electron chi connectivity index (χ2n) is 4.64. The first-order valence-electron chi connectivity index (χ1n) is 5.34. The van der Waals surface area contributed by atoms with Crippen molar-refractivity contribution in [3.63, 3.8) is 0 Å². The average Bonchev–Trinajstić information content (AvgIpc) is 2.19. The van der Waals surface area contributed by atoms with E-state index in [-0.39, 0.29) is 0 Å². The highest BCUT2D eigenvalue weighted by molar-refractivity contribution is 9.10. The molecule has 0 bridgehead atoms. The molecule has 1 aromatic rings. The van der Waals surface area contributed by atoms with Gasteiger partial charge in [0.05, 0.1) is 11.9 Å². The van der Waals surface area contributed by atoms with E-state index in [4.69, 9.17) is 10.6 Å². The number of benzene rings is 1. The summed E-state index contributed by atoms with van der Waals surface area (Å²) in [5, 5.41) is 6.10. The van der Waals surface area contributed by atoms with Crippen LogP contribution in [0.25, 0.3) is 0 Å². The maximum atomic E-state index is 11.7. The lowest BCUT2D eigenvalue weighted by atomic mass is 10.2. The Morgan fingerprint density at radius 1 is 1.50 bits per heavy atom. The molecule has 18 heavy (non-hydrogen) atoms. The minimum atomic E-state index is -0.543. The van der Waals surface area contributed by atoms with Crippen LogP contribution in [0.5, 0.6) is 0 Å². The summed E-state index contributed by atoms with van der Waals surface area (Å²) in [6.07, 6.45) is 0.936.